The third-order valence-electron chi connectivity index (χ3n) is 5.02. The Morgan fingerprint density at radius 2 is 2.04 bits per heavy atom. The molecule has 0 spiro atoms. The Morgan fingerprint density at radius 3 is 2.75 bits per heavy atom. The highest BCUT2D eigenvalue weighted by Crippen LogP contribution is 2.28. The zero-order chi connectivity index (χ0) is 20.1. The van der Waals surface area contributed by atoms with Gasteiger partial charge in [-0.25, -0.2) is 4.79 Å². The summed E-state index contributed by atoms with van der Waals surface area (Å²) >= 11 is 3.62. The predicted octanol–water partition coefficient (Wildman–Crippen LogP) is 3.77. The van der Waals surface area contributed by atoms with Crippen molar-refractivity contribution in [2.45, 2.75) is 51.8 Å². The van der Waals surface area contributed by atoms with Gasteiger partial charge in [0.2, 0.25) is 0 Å². The topological polar surface area (TPSA) is 54.0 Å². The first-order chi connectivity index (χ1) is 13.3. The number of ether oxygens (including phenoxy) is 2. The van der Waals surface area contributed by atoms with Crippen LogP contribution in [0.25, 0.3) is 0 Å². The molecule has 1 aromatic rings. The second kappa shape index (κ2) is 9.46. The largest absolute Gasteiger partial charge is 0.444 e. The third kappa shape index (κ3) is 6.36. The second-order valence-electron chi connectivity index (χ2n) is 8.59. The van der Waals surface area contributed by atoms with Gasteiger partial charge in [0.05, 0.1) is 13.2 Å². The Hall–Kier alpha value is -1.31. The number of piperidine rings is 1. The molecule has 2 saturated heterocycles. The van der Waals surface area contributed by atoms with Crippen LogP contribution in [0.15, 0.2) is 22.7 Å². The van der Waals surface area contributed by atoms with Crippen molar-refractivity contribution >= 4 is 27.7 Å². The number of rotatable bonds is 4. The van der Waals surface area contributed by atoms with Gasteiger partial charge in [-0.3, -0.25) is 4.90 Å². The van der Waals surface area contributed by atoms with Gasteiger partial charge in [-0.2, -0.15) is 0 Å². The van der Waals surface area contributed by atoms with Crippen LogP contribution in [0.1, 0.15) is 39.2 Å². The molecular weight excluding hydrogens is 422 g/mol. The molecule has 2 aliphatic rings. The van der Waals surface area contributed by atoms with Crippen LogP contribution in [-0.4, -0.2) is 62.0 Å². The number of likely N-dealkylation sites (tertiary alicyclic amines) is 1. The molecular formula is C21H32BrN3O3. The van der Waals surface area contributed by atoms with E-state index in [1.54, 1.807) is 0 Å². The Kier molecular flexibility index (Phi) is 7.23. The number of nitrogens with zero attached hydrogens (tertiary/aromatic N) is 2. The lowest BCUT2D eigenvalue weighted by atomic mass is 10.0. The van der Waals surface area contributed by atoms with E-state index in [-0.39, 0.29) is 12.1 Å². The number of amides is 1. The van der Waals surface area contributed by atoms with Gasteiger partial charge in [0.15, 0.2) is 0 Å². The molecule has 1 N–H and O–H groups in total. The standard InChI is InChI=1S/C21H32BrN3O3/c1-21(2,3)28-20(26)23-18-5-4-8-24(15-18)14-16-6-7-17(22)13-19(16)25-9-11-27-12-10-25/h6-7,13,18H,4-5,8-12,14-15H2,1-3H3,(H,23,26)/t18-/m1/s1. The molecule has 2 aliphatic heterocycles. The van der Waals surface area contributed by atoms with E-state index in [0.29, 0.717) is 0 Å². The lowest BCUT2D eigenvalue weighted by Crippen LogP contribution is -2.48. The van der Waals surface area contributed by atoms with Crippen molar-refractivity contribution in [3.63, 3.8) is 0 Å². The number of nitrogens with one attached hydrogen (secondary N) is 1. The summed E-state index contributed by atoms with van der Waals surface area (Å²) in [7, 11) is 0. The van der Waals surface area contributed by atoms with Gasteiger partial charge in [-0.15, -0.1) is 0 Å². The van der Waals surface area contributed by atoms with Crippen molar-refractivity contribution in [2.24, 2.45) is 0 Å². The van der Waals surface area contributed by atoms with E-state index in [9.17, 15) is 4.79 Å². The fraction of sp³-hybridized carbons (Fsp3) is 0.667. The van der Waals surface area contributed by atoms with Crippen molar-refractivity contribution in [2.75, 3.05) is 44.3 Å². The Labute approximate surface area is 176 Å². The Morgan fingerprint density at radius 1 is 1.29 bits per heavy atom. The minimum Gasteiger partial charge on any atom is -0.444 e. The van der Waals surface area contributed by atoms with Crippen LogP contribution in [0, 0.1) is 0 Å². The molecule has 1 aromatic carbocycles. The number of alkyl carbamates (subject to hydrolysis) is 1. The van der Waals surface area contributed by atoms with Crippen LogP contribution in [0.4, 0.5) is 10.5 Å². The first kappa shape index (κ1) is 21.4. The van der Waals surface area contributed by atoms with Crippen LogP contribution >= 0.6 is 15.9 Å². The number of morpholine rings is 1. The number of hydrogen-bond donors (Lipinski definition) is 1. The summed E-state index contributed by atoms with van der Waals surface area (Å²) in [5.41, 5.74) is 2.13. The van der Waals surface area contributed by atoms with Crippen LogP contribution in [0.3, 0.4) is 0 Å². The molecule has 2 fully saturated rings. The van der Waals surface area contributed by atoms with Crippen LogP contribution in [0.5, 0.6) is 0 Å². The lowest BCUT2D eigenvalue weighted by Gasteiger charge is -2.35. The molecule has 28 heavy (non-hydrogen) atoms. The fourth-order valence-electron chi connectivity index (χ4n) is 3.80. The molecule has 0 bridgehead atoms. The summed E-state index contributed by atoms with van der Waals surface area (Å²) in [5, 5.41) is 3.04. The van der Waals surface area contributed by atoms with E-state index in [1.165, 1.54) is 11.3 Å². The quantitative estimate of drug-likeness (QED) is 0.751. The average molecular weight is 454 g/mol. The van der Waals surface area contributed by atoms with Crippen molar-refractivity contribution in [1.82, 2.24) is 10.2 Å². The predicted molar refractivity (Wildman–Crippen MR) is 115 cm³/mol. The van der Waals surface area contributed by atoms with Gasteiger partial charge < -0.3 is 19.7 Å². The lowest BCUT2D eigenvalue weighted by molar-refractivity contribution is 0.0470. The molecule has 0 saturated carbocycles. The maximum atomic E-state index is 12.1. The molecule has 1 atom stereocenters. The number of halogens is 1. The van der Waals surface area contributed by atoms with E-state index >= 15 is 0 Å². The molecule has 2 heterocycles. The minimum absolute atomic E-state index is 0.130. The summed E-state index contributed by atoms with van der Waals surface area (Å²) < 4.78 is 12.0. The second-order valence-corrected chi connectivity index (χ2v) is 9.51. The van der Waals surface area contributed by atoms with Crippen molar-refractivity contribution in [1.29, 1.82) is 0 Å². The summed E-state index contributed by atoms with van der Waals surface area (Å²) in [4.78, 5) is 17.0. The summed E-state index contributed by atoms with van der Waals surface area (Å²) in [5.74, 6) is 0. The summed E-state index contributed by atoms with van der Waals surface area (Å²) in [6, 6.07) is 6.66. The summed E-state index contributed by atoms with van der Waals surface area (Å²) in [6.07, 6.45) is 1.74. The van der Waals surface area contributed by atoms with Gasteiger partial charge in [0, 0.05) is 42.4 Å². The minimum atomic E-state index is -0.469. The highest BCUT2D eigenvalue weighted by molar-refractivity contribution is 9.10. The van der Waals surface area contributed by atoms with Gasteiger partial charge in [-0.05, 0) is 57.9 Å². The molecule has 6 nitrogen and oxygen atoms in total. The van der Waals surface area contributed by atoms with E-state index in [2.05, 4.69) is 49.2 Å². The number of benzene rings is 1. The van der Waals surface area contributed by atoms with E-state index in [1.807, 2.05) is 20.8 Å². The number of carbonyl (C=O) groups is 1. The molecule has 0 aliphatic carbocycles. The normalized spacial score (nSPS) is 21.4. The number of carbonyl (C=O) groups excluding carboxylic acids is 1. The SMILES string of the molecule is CC(C)(C)OC(=O)N[C@@H]1CCCN(Cc2ccc(Br)cc2N2CCOCC2)C1. The zero-order valence-corrected chi connectivity index (χ0v) is 18.8. The first-order valence-corrected chi connectivity index (χ1v) is 10.9. The molecule has 3 rings (SSSR count). The Balaban J connectivity index is 1.62. The van der Waals surface area contributed by atoms with Gasteiger partial charge in [-0.1, -0.05) is 22.0 Å². The van der Waals surface area contributed by atoms with Gasteiger partial charge in [0.25, 0.3) is 0 Å². The highest BCUT2D eigenvalue weighted by Gasteiger charge is 2.25. The maximum Gasteiger partial charge on any atom is 0.407 e. The maximum absolute atomic E-state index is 12.1. The van der Waals surface area contributed by atoms with Crippen LogP contribution in [0.2, 0.25) is 0 Å². The third-order valence-corrected chi connectivity index (χ3v) is 5.51. The molecule has 1 amide bonds. The molecule has 156 valence electrons. The van der Waals surface area contributed by atoms with Gasteiger partial charge in [0.1, 0.15) is 5.60 Å². The molecule has 0 unspecified atom stereocenters. The molecule has 0 radical (unpaired) electrons. The monoisotopic (exact) mass is 453 g/mol. The van der Waals surface area contributed by atoms with Crippen molar-refractivity contribution in [3.05, 3.63) is 28.2 Å². The van der Waals surface area contributed by atoms with Crippen molar-refractivity contribution in [3.8, 4) is 0 Å². The summed E-state index contributed by atoms with van der Waals surface area (Å²) in [6.45, 7) is 11.8. The van der Waals surface area contributed by atoms with Crippen molar-refractivity contribution < 1.29 is 14.3 Å². The van der Waals surface area contributed by atoms with E-state index in [0.717, 1.165) is 63.3 Å². The van der Waals surface area contributed by atoms with Crippen LogP contribution in [-0.2, 0) is 16.0 Å². The Bertz CT molecular complexity index is 671. The molecule has 7 heteroatoms. The number of anilines is 1. The first-order valence-electron chi connectivity index (χ1n) is 10.1. The highest BCUT2D eigenvalue weighted by atomic mass is 79.9. The van der Waals surface area contributed by atoms with E-state index < -0.39 is 5.60 Å². The van der Waals surface area contributed by atoms with Gasteiger partial charge >= 0.3 is 6.09 Å². The zero-order valence-electron chi connectivity index (χ0n) is 17.2. The smallest absolute Gasteiger partial charge is 0.407 e. The van der Waals surface area contributed by atoms with E-state index in [4.69, 9.17) is 9.47 Å². The average Bonchev–Trinajstić information content (AvgIpc) is 2.62. The fourth-order valence-corrected chi connectivity index (χ4v) is 4.15. The molecule has 0 aromatic heterocycles. The number of hydrogen-bond acceptors (Lipinski definition) is 5. The van der Waals surface area contributed by atoms with Crippen LogP contribution < -0.4 is 10.2 Å².